The number of benzene rings is 3. The number of fused-ring (bicyclic) bond motifs is 1. The second-order valence-electron chi connectivity index (χ2n) is 5.48. The zero-order chi connectivity index (χ0) is 16.1. The van der Waals surface area contributed by atoms with Crippen LogP contribution in [0.4, 0.5) is 0 Å². The van der Waals surface area contributed by atoms with Crippen LogP contribution >= 0.6 is 0 Å². The summed E-state index contributed by atoms with van der Waals surface area (Å²) in [6, 6.07) is 22.8. The van der Waals surface area contributed by atoms with Gasteiger partial charge in [-0.2, -0.15) is 0 Å². The van der Waals surface area contributed by atoms with Gasteiger partial charge in [0.15, 0.2) is 0 Å². The van der Waals surface area contributed by atoms with Gasteiger partial charge in [0.1, 0.15) is 0 Å². The summed E-state index contributed by atoms with van der Waals surface area (Å²) in [5, 5.41) is 12.3. The van der Waals surface area contributed by atoms with Crippen molar-refractivity contribution in [1.29, 1.82) is 0 Å². The maximum atomic E-state index is 9.74. The van der Waals surface area contributed by atoms with Gasteiger partial charge in [0.2, 0.25) is 0 Å². The maximum absolute atomic E-state index is 9.74. The summed E-state index contributed by atoms with van der Waals surface area (Å²) in [6.07, 6.45) is 0. The van der Waals surface area contributed by atoms with Crippen LogP contribution in [0, 0.1) is 6.92 Å². The molecule has 118 valence electrons. The number of rotatable bonds is 6. The standard InChI is InChI=1S/C20H20O2Se/c1-15-7-2-5-11-19(15)22-14-17(13-21)23-20-12-6-9-16-8-3-4-10-18(16)20/h2-12,17,21H,13-14H2,1H3. The minimum atomic E-state index is 0.146. The molecule has 23 heavy (non-hydrogen) atoms. The van der Waals surface area contributed by atoms with E-state index >= 15 is 0 Å². The van der Waals surface area contributed by atoms with Crippen LogP contribution in [0.25, 0.3) is 10.8 Å². The summed E-state index contributed by atoms with van der Waals surface area (Å²) in [5.74, 6) is 0.902. The summed E-state index contributed by atoms with van der Waals surface area (Å²) in [5.41, 5.74) is 1.13. The first-order valence-corrected chi connectivity index (χ1v) is 9.56. The molecule has 1 unspecified atom stereocenters. The molecule has 0 saturated heterocycles. The van der Waals surface area contributed by atoms with Crippen LogP contribution in [0.2, 0.25) is 4.82 Å². The molecular formula is C20H20O2Se. The third-order valence-corrected chi connectivity index (χ3v) is 6.34. The van der Waals surface area contributed by atoms with Crippen LogP contribution in [-0.4, -0.2) is 33.3 Å². The molecule has 0 spiro atoms. The second-order valence-corrected chi connectivity index (χ2v) is 8.29. The summed E-state index contributed by atoms with van der Waals surface area (Å²) < 4.78 is 7.25. The van der Waals surface area contributed by atoms with E-state index in [0.29, 0.717) is 6.61 Å². The number of aryl methyl sites for hydroxylation is 1. The average Bonchev–Trinajstić information content (AvgIpc) is 2.60. The Morgan fingerprint density at radius 2 is 1.70 bits per heavy atom. The SMILES string of the molecule is Cc1ccccc1OCC(CO)[Se]c1cccc2ccccc12. The summed E-state index contributed by atoms with van der Waals surface area (Å²) >= 11 is 0.165. The van der Waals surface area contributed by atoms with Crippen molar-refractivity contribution in [3.8, 4) is 5.75 Å². The molecule has 0 fully saturated rings. The molecule has 0 aliphatic rings. The van der Waals surface area contributed by atoms with Gasteiger partial charge >= 0.3 is 143 Å². The molecule has 0 radical (unpaired) electrons. The molecule has 0 aliphatic carbocycles. The number of para-hydroxylation sites is 1. The van der Waals surface area contributed by atoms with Crippen LogP contribution in [0.5, 0.6) is 5.75 Å². The third kappa shape index (κ3) is 3.94. The number of hydrogen-bond acceptors (Lipinski definition) is 2. The first-order valence-electron chi connectivity index (χ1n) is 7.71. The number of aliphatic hydroxyl groups excluding tert-OH is 1. The zero-order valence-corrected chi connectivity index (χ0v) is 14.8. The molecule has 3 rings (SSSR count). The monoisotopic (exact) mass is 372 g/mol. The van der Waals surface area contributed by atoms with E-state index in [1.807, 2.05) is 31.2 Å². The van der Waals surface area contributed by atoms with Gasteiger partial charge in [-0.05, 0) is 0 Å². The van der Waals surface area contributed by atoms with E-state index in [2.05, 4.69) is 42.5 Å². The topological polar surface area (TPSA) is 29.5 Å². The average molecular weight is 371 g/mol. The van der Waals surface area contributed by atoms with Gasteiger partial charge in [-0.1, -0.05) is 0 Å². The Balaban J connectivity index is 1.73. The van der Waals surface area contributed by atoms with E-state index in [4.69, 9.17) is 4.74 Å². The summed E-state index contributed by atoms with van der Waals surface area (Å²) in [6.45, 7) is 2.73. The van der Waals surface area contributed by atoms with Crippen molar-refractivity contribution in [1.82, 2.24) is 0 Å². The number of aliphatic hydroxyl groups is 1. The molecule has 0 aliphatic heterocycles. The molecule has 0 amide bonds. The third-order valence-electron chi connectivity index (χ3n) is 3.77. The Kier molecular flexibility index (Phi) is 5.34. The predicted octanol–water partition coefficient (Wildman–Crippen LogP) is 3.34. The normalized spacial score (nSPS) is 12.3. The van der Waals surface area contributed by atoms with Crippen molar-refractivity contribution < 1.29 is 9.84 Å². The molecular weight excluding hydrogens is 351 g/mol. The Hall–Kier alpha value is -1.80. The van der Waals surface area contributed by atoms with Crippen molar-refractivity contribution in [2.24, 2.45) is 0 Å². The van der Waals surface area contributed by atoms with Crippen molar-refractivity contribution in [3.63, 3.8) is 0 Å². The van der Waals surface area contributed by atoms with E-state index in [-0.39, 0.29) is 26.4 Å². The molecule has 2 nitrogen and oxygen atoms in total. The van der Waals surface area contributed by atoms with Crippen molar-refractivity contribution in [2.45, 2.75) is 11.7 Å². The van der Waals surface area contributed by atoms with E-state index in [1.165, 1.54) is 15.2 Å². The molecule has 0 saturated carbocycles. The number of ether oxygens (including phenoxy) is 1. The van der Waals surface area contributed by atoms with E-state index in [0.717, 1.165) is 11.3 Å². The Bertz CT molecular complexity index is 780. The van der Waals surface area contributed by atoms with E-state index in [1.54, 1.807) is 0 Å². The van der Waals surface area contributed by atoms with E-state index in [9.17, 15) is 5.11 Å². The molecule has 3 aromatic rings. The van der Waals surface area contributed by atoms with Gasteiger partial charge in [-0.3, -0.25) is 0 Å². The molecule has 1 atom stereocenters. The molecule has 0 heterocycles. The number of hydrogen-bond donors (Lipinski definition) is 1. The van der Waals surface area contributed by atoms with Crippen molar-refractivity contribution in [2.75, 3.05) is 13.2 Å². The zero-order valence-electron chi connectivity index (χ0n) is 13.1. The van der Waals surface area contributed by atoms with E-state index < -0.39 is 0 Å². The fraction of sp³-hybridized carbons (Fsp3) is 0.200. The Morgan fingerprint density at radius 3 is 2.52 bits per heavy atom. The van der Waals surface area contributed by atoms with Crippen molar-refractivity contribution >= 4 is 30.2 Å². The first-order chi connectivity index (χ1) is 11.3. The minimum absolute atomic E-state index is 0.146. The Morgan fingerprint density at radius 1 is 0.957 bits per heavy atom. The van der Waals surface area contributed by atoms with Crippen LogP contribution in [0.3, 0.4) is 0 Å². The molecule has 3 heteroatoms. The predicted molar refractivity (Wildman–Crippen MR) is 96.8 cm³/mol. The van der Waals surface area contributed by atoms with Gasteiger partial charge in [-0.15, -0.1) is 0 Å². The summed E-state index contributed by atoms with van der Waals surface area (Å²) in [7, 11) is 0. The van der Waals surface area contributed by atoms with Crippen LogP contribution in [0.15, 0.2) is 66.7 Å². The molecule has 0 bridgehead atoms. The van der Waals surface area contributed by atoms with Crippen LogP contribution in [-0.2, 0) is 0 Å². The van der Waals surface area contributed by atoms with Crippen LogP contribution < -0.4 is 9.20 Å². The second kappa shape index (κ2) is 7.65. The Labute approximate surface area is 143 Å². The van der Waals surface area contributed by atoms with Gasteiger partial charge in [0.25, 0.3) is 0 Å². The molecule has 3 aromatic carbocycles. The quantitative estimate of drug-likeness (QED) is 0.674. The molecule has 0 aromatic heterocycles. The molecule has 1 N–H and O–H groups in total. The summed E-state index contributed by atoms with van der Waals surface area (Å²) in [4.78, 5) is 0.146. The van der Waals surface area contributed by atoms with Gasteiger partial charge < -0.3 is 0 Å². The fourth-order valence-electron chi connectivity index (χ4n) is 2.50. The van der Waals surface area contributed by atoms with Gasteiger partial charge in [0.05, 0.1) is 0 Å². The van der Waals surface area contributed by atoms with Crippen LogP contribution in [0.1, 0.15) is 5.56 Å². The van der Waals surface area contributed by atoms with Gasteiger partial charge in [0, 0.05) is 0 Å². The fourth-order valence-corrected chi connectivity index (χ4v) is 4.68. The first kappa shape index (κ1) is 16.1. The van der Waals surface area contributed by atoms with Crippen molar-refractivity contribution in [3.05, 3.63) is 72.3 Å². The van der Waals surface area contributed by atoms with Gasteiger partial charge in [-0.25, -0.2) is 0 Å².